The van der Waals surface area contributed by atoms with Crippen LogP contribution < -0.4 is 0 Å². The molecule has 0 aliphatic carbocycles. The van der Waals surface area contributed by atoms with Gasteiger partial charge in [-0.1, -0.05) is 6.58 Å². The maximum atomic E-state index is 3.63. The lowest BCUT2D eigenvalue weighted by atomic mass is 10.5. The molecular weight excluding hydrogens is 122 g/mol. The summed E-state index contributed by atoms with van der Waals surface area (Å²) >= 11 is 0. The lowest BCUT2D eigenvalue weighted by Crippen LogP contribution is -2.14. The SMILES string of the molecule is C=CN(CC)CC.Cl. The van der Waals surface area contributed by atoms with E-state index in [1.165, 1.54) is 0 Å². The Labute approximate surface area is 57.8 Å². The summed E-state index contributed by atoms with van der Waals surface area (Å²) in [5.74, 6) is 0. The number of hydrogen-bond acceptors (Lipinski definition) is 1. The fourth-order valence-electron chi connectivity index (χ4n) is 0.482. The molecule has 0 aliphatic heterocycles. The van der Waals surface area contributed by atoms with Crippen molar-refractivity contribution in [1.29, 1.82) is 0 Å². The molecule has 0 unspecified atom stereocenters. The van der Waals surface area contributed by atoms with Crippen molar-refractivity contribution in [1.82, 2.24) is 4.90 Å². The average Bonchev–Trinajstić information content (AvgIpc) is 1.72. The second-order valence-electron chi connectivity index (χ2n) is 1.40. The molecule has 0 N–H and O–H groups in total. The number of nitrogens with zero attached hydrogens (tertiary/aromatic N) is 1. The second-order valence-corrected chi connectivity index (χ2v) is 1.40. The van der Waals surface area contributed by atoms with Crippen molar-refractivity contribution in [2.75, 3.05) is 13.1 Å². The normalized spacial score (nSPS) is 7.25. The van der Waals surface area contributed by atoms with Gasteiger partial charge >= 0.3 is 0 Å². The van der Waals surface area contributed by atoms with Crippen molar-refractivity contribution in [3.05, 3.63) is 12.8 Å². The molecule has 0 heterocycles. The van der Waals surface area contributed by atoms with E-state index in [0.29, 0.717) is 0 Å². The topological polar surface area (TPSA) is 3.24 Å². The molecule has 0 saturated carbocycles. The van der Waals surface area contributed by atoms with Gasteiger partial charge in [0.2, 0.25) is 0 Å². The van der Waals surface area contributed by atoms with E-state index in [1.807, 2.05) is 6.20 Å². The average molecular weight is 136 g/mol. The fourth-order valence-corrected chi connectivity index (χ4v) is 0.482. The van der Waals surface area contributed by atoms with Gasteiger partial charge in [0.05, 0.1) is 0 Å². The van der Waals surface area contributed by atoms with Gasteiger partial charge in [0.1, 0.15) is 0 Å². The van der Waals surface area contributed by atoms with Crippen LogP contribution in [0.1, 0.15) is 13.8 Å². The molecule has 2 heteroatoms. The van der Waals surface area contributed by atoms with Gasteiger partial charge in [0.15, 0.2) is 0 Å². The molecule has 0 radical (unpaired) electrons. The zero-order valence-electron chi connectivity index (χ0n) is 5.55. The maximum Gasteiger partial charge on any atom is 0.0143 e. The van der Waals surface area contributed by atoms with Crippen molar-refractivity contribution in [3.63, 3.8) is 0 Å². The van der Waals surface area contributed by atoms with E-state index >= 15 is 0 Å². The van der Waals surface area contributed by atoms with Crippen LogP contribution in [0.25, 0.3) is 0 Å². The Hall–Kier alpha value is -0.170. The molecule has 0 aromatic rings. The molecule has 0 saturated heterocycles. The van der Waals surface area contributed by atoms with E-state index in [1.54, 1.807) is 0 Å². The van der Waals surface area contributed by atoms with Crippen LogP contribution in [0.3, 0.4) is 0 Å². The van der Waals surface area contributed by atoms with Crippen LogP contribution >= 0.6 is 12.4 Å². The minimum absolute atomic E-state index is 0. The molecule has 0 amide bonds. The maximum absolute atomic E-state index is 3.63. The van der Waals surface area contributed by atoms with Crippen molar-refractivity contribution in [2.45, 2.75) is 13.8 Å². The van der Waals surface area contributed by atoms with Gasteiger partial charge in [0.25, 0.3) is 0 Å². The van der Waals surface area contributed by atoms with E-state index in [9.17, 15) is 0 Å². The van der Waals surface area contributed by atoms with Gasteiger partial charge in [-0.15, -0.1) is 12.4 Å². The number of hydrogen-bond donors (Lipinski definition) is 0. The van der Waals surface area contributed by atoms with Crippen LogP contribution in [-0.4, -0.2) is 18.0 Å². The molecule has 50 valence electrons. The minimum atomic E-state index is 0. The third kappa shape index (κ3) is 4.00. The molecule has 1 nitrogen and oxygen atoms in total. The van der Waals surface area contributed by atoms with Crippen molar-refractivity contribution < 1.29 is 0 Å². The van der Waals surface area contributed by atoms with Gasteiger partial charge in [0, 0.05) is 13.1 Å². The standard InChI is InChI=1S/C6H13N.ClH/c1-4-7(5-2)6-3;/h4H,1,5-6H2,2-3H3;1H. The summed E-state index contributed by atoms with van der Waals surface area (Å²) in [6.45, 7) is 10.0. The Bertz CT molecular complexity index is 50.5. The van der Waals surface area contributed by atoms with Crippen molar-refractivity contribution >= 4 is 12.4 Å². The number of rotatable bonds is 3. The highest BCUT2D eigenvalue weighted by Crippen LogP contribution is 1.82. The highest BCUT2D eigenvalue weighted by atomic mass is 35.5. The highest BCUT2D eigenvalue weighted by molar-refractivity contribution is 5.85. The highest BCUT2D eigenvalue weighted by Gasteiger charge is 1.83. The van der Waals surface area contributed by atoms with Gasteiger partial charge in [-0.05, 0) is 20.0 Å². The first-order chi connectivity index (χ1) is 3.35. The fraction of sp³-hybridized carbons (Fsp3) is 0.667. The summed E-state index contributed by atoms with van der Waals surface area (Å²) in [6, 6.07) is 0. The zero-order chi connectivity index (χ0) is 5.70. The van der Waals surface area contributed by atoms with E-state index < -0.39 is 0 Å². The predicted molar refractivity (Wildman–Crippen MR) is 40.4 cm³/mol. The molecule has 0 aliphatic rings. The number of halogens is 1. The summed E-state index contributed by atoms with van der Waals surface area (Å²) in [6.07, 6.45) is 1.86. The zero-order valence-corrected chi connectivity index (χ0v) is 6.37. The Kier molecular flexibility index (Phi) is 9.17. The Morgan fingerprint density at radius 2 is 1.75 bits per heavy atom. The third-order valence-corrected chi connectivity index (χ3v) is 1.07. The summed E-state index contributed by atoms with van der Waals surface area (Å²) in [4.78, 5) is 2.14. The molecule has 8 heavy (non-hydrogen) atoms. The van der Waals surface area contributed by atoms with Gasteiger partial charge in [-0.3, -0.25) is 0 Å². The molecule has 0 bridgehead atoms. The second kappa shape index (κ2) is 6.83. The summed E-state index contributed by atoms with van der Waals surface area (Å²) in [5, 5.41) is 0. The van der Waals surface area contributed by atoms with Crippen LogP contribution in [0.15, 0.2) is 12.8 Å². The van der Waals surface area contributed by atoms with E-state index in [0.717, 1.165) is 13.1 Å². The summed E-state index contributed by atoms with van der Waals surface area (Å²) < 4.78 is 0. The lowest BCUT2D eigenvalue weighted by Gasteiger charge is -2.12. The first kappa shape index (κ1) is 10.7. The largest absolute Gasteiger partial charge is 0.378 e. The molecular formula is C6H14ClN. The van der Waals surface area contributed by atoms with Crippen molar-refractivity contribution in [3.8, 4) is 0 Å². The van der Waals surface area contributed by atoms with Gasteiger partial charge in [-0.25, -0.2) is 0 Å². The van der Waals surface area contributed by atoms with Crippen LogP contribution in [0, 0.1) is 0 Å². The first-order valence-electron chi connectivity index (χ1n) is 2.71. The van der Waals surface area contributed by atoms with Crippen LogP contribution in [0.2, 0.25) is 0 Å². The Morgan fingerprint density at radius 3 is 1.75 bits per heavy atom. The lowest BCUT2D eigenvalue weighted by molar-refractivity contribution is 0.420. The monoisotopic (exact) mass is 135 g/mol. The van der Waals surface area contributed by atoms with Crippen LogP contribution in [0.5, 0.6) is 0 Å². The molecule has 0 fully saturated rings. The van der Waals surface area contributed by atoms with Gasteiger partial charge < -0.3 is 4.90 Å². The smallest absolute Gasteiger partial charge is 0.0143 e. The predicted octanol–water partition coefficient (Wildman–Crippen LogP) is 1.89. The summed E-state index contributed by atoms with van der Waals surface area (Å²) in [5.41, 5.74) is 0. The Balaban J connectivity index is 0. The molecule has 0 spiro atoms. The molecule has 0 aromatic carbocycles. The minimum Gasteiger partial charge on any atom is -0.378 e. The summed E-state index contributed by atoms with van der Waals surface area (Å²) in [7, 11) is 0. The Morgan fingerprint density at radius 1 is 1.38 bits per heavy atom. The molecule has 0 aromatic heterocycles. The first-order valence-corrected chi connectivity index (χ1v) is 2.71. The third-order valence-electron chi connectivity index (χ3n) is 1.07. The van der Waals surface area contributed by atoms with Crippen LogP contribution in [-0.2, 0) is 0 Å². The molecule has 0 rings (SSSR count). The van der Waals surface area contributed by atoms with Gasteiger partial charge in [-0.2, -0.15) is 0 Å². The molecule has 0 atom stereocenters. The quantitative estimate of drug-likeness (QED) is 0.572. The van der Waals surface area contributed by atoms with Crippen molar-refractivity contribution in [2.24, 2.45) is 0 Å². The van der Waals surface area contributed by atoms with E-state index in [-0.39, 0.29) is 12.4 Å². The van der Waals surface area contributed by atoms with Crippen LogP contribution in [0.4, 0.5) is 0 Å². The van der Waals surface area contributed by atoms with E-state index in [2.05, 4.69) is 25.3 Å². The van der Waals surface area contributed by atoms with E-state index in [4.69, 9.17) is 0 Å².